The maximum absolute atomic E-state index is 12.7. The van der Waals surface area contributed by atoms with Crippen molar-refractivity contribution in [1.29, 1.82) is 0 Å². The number of H-pyrrole nitrogens is 1. The van der Waals surface area contributed by atoms with Gasteiger partial charge in [0.2, 0.25) is 11.6 Å². The Kier molecular flexibility index (Phi) is 4.93. The molecule has 28 heavy (non-hydrogen) atoms. The van der Waals surface area contributed by atoms with Gasteiger partial charge >= 0.3 is 11.3 Å². The molecule has 0 spiro atoms. The lowest BCUT2D eigenvalue weighted by Gasteiger charge is -2.15. The summed E-state index contributed by atoms with van der Waals surface area (Å²) in [4.78, 5) is 38.3. The number of amides is 2. The molecule has 1 aromatic heterocycles. The van der Waals surface area contributed by atoms with Crippen LogP contribution in [0.25, 0.3) is 5.69 Å². The predicted molar refractivity (Wildman–Crippen MR) is 103 cm³/mol. The highest BCUT2D eigenvalue weighted by Crippen LogP contribution is 2.24. The number of hydrogen-bond acceptors (Lipinski definition) is 5. The Morgan fingerprint density at radius 1 is 1.11 bits per heavy atom. The number of carbonyl (C=O) groups excluding carboxylic acids is 2. The van der Waals surface area contributed by atoms with Crippen LogP contribution in [0.5, 0.6) is 0 Å². The van der Waals surface area contributed by atoms with Crippen LogP contribution in [0, 0.1) is 0 Å². The third-order valence-corrected chi connectivity index (χ3v) is 5.03. The van der Waals surface area contributed by atoms with Gasteiger partial charge in [-0.1, -0.05) is 34.1 Å². The Balaban J connectivity index is 1.52. The summed E-state index contributed by atoms with van der Waals surface area (Å²) in [6.45, 7) is 0.0680. The number of nitrogens with zero attached hydrogens (tertiary/aromatic N) is 2. The zero-order valence-electron chi connectivity index (χ0n) is 14.6. The monoisotopic (exact) mass is 443 g/mol. The first-order valence-corrected chi connectivity index (χ1v) is 9.37. The van der Waals surface area contributed by atoms with Gasteiger partial charge < -0.3 is 0 Å². The molecule has 4 rings (SSSR count). The van der Waals surface area contributed by atoms with Crippen molar-refractivity contribution in [2.75, 3.05) is 4.90 Å². The van der Waals surface area contributed by atoms with E-state index in [1.165, 1.54) is 4.68 Å². The summed E-state index contributed by atoms with van der Waals surface area (Å²) < 4.78 is 7.25. The normalized spacial score (nSPS) is 16.8. The minimum absolute atomic E-state index is 0.0238. The second-order valence-corrected chi connectivity index (χ2v) is 7.20. The van der Waals surface area contributed by atoms with Crippen LogP contribution in [0.15, 0.2) is 68.4 Å². The molecule has 1 aliphatic rings. The smallest absolute Gasteiger partial charge is 0.296 e. The van der Waals surface area contributed by atoms with Gasteiger partial charge in [-0.05, 0) is 34.2 Å². The molecule has 3 aromatic rings. The third-order valence-electron chi connectivity index (χ3n) is 4.50. The lowest BCUT2D eigenvalue weighted by molar-refractivity contribution is -0.677. The van der Waals surface area contributed by atoms with Gasteiger partial charge in [0.25, 0.3) is 5.91 Å². The quantitative estimate of drug-likeness (QED) is 0.458. The molecule has 8 nitrogen and oxygen atoms in total. The number of rotatable bonds is 5. The Morgan fingerprint density at radius 3 is 2.54 bits per heavy atom. The first-order chi connectivity index (χ1) is 13.5. The molecule has 0 radical (unpaired) electrons. The fourth-order valence-corrected chi connectivity index (χ4v) is 3.37. The second-order valence-electron chi connectivity index (χ2n) is 6.28. The average Bonchev–Trinajstić information content (AvgIpc) is 3.20. The highest BCUT2D eigenvalue weighted by atomic mass is 79.9. The van der Waals surface area contributed by atoms with E-state index in [0.29, 0.717) is 11.4 Å². The predicted octanol–water partition coefficient (Wildman–Crippen LogP) is 1.43. The highest BCUT2D eigenvalue weighted by molar-refractivity contribution is 9.10. The van der Waals surface area contributed by atoms with Gasteiger partial charge in [0, 0.05) is 16.6 Å². The molecule has 1 saturated heterocycles. The van der Waals surface area contributed by atoms with Crippen molar-refractivity contribution in [2.45, 2.75) is 19.0 Å². The molecule has 1 fully saturated rings. The third kappa shape index (κ3) is 3.41. The van der Waals surface area contributed by atoms with Crippen LogP contribution in [-0.2, 0) is 16.1 Å². The molecule has 2 amide bonds. The van der Waals surface area contributed by atoms with E-state index in [9.17, 15) is 14.4 Å². The SMILES string of the molecule is O=C1CC(NCc2c(=O)o[nH][n+]2-c2ccccc2)C(=O)N1c1ccc(Br)cc1. The molecular formula is C19H16BrN4O4+. The summed E-state index contributed by atoms with van der Waals surface area (Å²) in [7, 11) is 0. The number of benzene rings is 2. The molecule has 0 aliphatic carbocycles. The number of hydrogen-bond donors (Lipinski definition) is 2. The Hall–Kier alpha value is -3.04. The van der Waals surface area contributed by atoms with Crippen LogP contribution in [0.1, 0.15) is 12.1 Å². The van der Waals surface area contributed by atoms with Crippen molar-refractivity contribution < 1.29 is 18.8 Å². The van der Waals surface area contributed by atoms with E-state index in [2.05, 4.69) is 26.5 Å². The van der Waals surface area contributed by atoms with E-state index in [0.717, 1.165) is 15.1 Å². The molecule has 2 N–H and O–H groups in total. The number of carbonyl (C=O) groups is 2. The van der Waals surface area contributed by atoms with Gasteiger partial charge in [-0.3, -0.25) is 19.4 Å². The minimum atomic E-state index is -0.713. The van der Waals surface area contributed by atoms with Crippen molar-refractivity contribution in [1.82, 2.24) is 10.6 Å². The number of imide groups is 1. The largest absolute Gasteiger partial charge is 0.431 e. The molecular weight excluding hydrogens is 428 g/mol. The second kappa shape index (κ2) is 7.53. The van der Waals surface area contributed by atoms with Crippen molar-refractivity contribution in [3.8, 4) is 5.69 Å². The minimum Gasteiger partial charge on any atom is -0.296 e. The highest BCUT2D eigenvalue weighted by Gasteiger charge is 2.40. The fourth-order valence-electron chi connectivity index (χ4n) is 3.10. The standard InChI is InChI=1S/C19H15BrN4O4/c20-12-6-8-13(9-7-12)23-17(25)10-15(18(23)26)21-11-16-19(27)28-22-24(16)14-4-2-1-3-5-14/h1-9,15,21H,10-11H2/p+1. The lowest BCUT2D eigenvalue weighted by Crippen LogP contribution is -2.44. The molecule has 142 valence electrons. The van der Waals surface area contributed by atoms with E-state index in [1.807, 2.05) is 30.3 Å². The maximum Gasteiger partial charge on any atom is 0.431 e. The van der Waals surface area contributed by atoms with Gasteiger partial charge in [-0.25, -0.2) is 9.69 Å². The van der Waals surface area contributed by atoms with Gasteiger partial charge in [0.15, 0.2) is 0 Å². The Bertz CT molecular complexity index is 1080. The first kappa shape index (κ1) is 18.3. The Labute approximate surface area is 167 Å². The number of aromatic amines is 1. The number of para-hydroxylation sites is 1. The number of anilines is 1. The Morgan fingerprint density at radius 2 is 1.82 bits per heavy atom. The van der Waals surface area contributed by atoms with Crippen molar-refractivity contribution in [3.63, 3.8) is 0 Å². The van der Waals surface area contributed by atoms with Crippen LogP contribution < -0.4 is 20.5 Å². The summed E-state index contributed by atoms with van der Waals surface area (Å²) in [5.74, 6) is -0.639. The maximum atomic E-state index is 12.7. The van der Waals surface area contributed by atoms with Crippen LogP contribution in [-0.4, -0.2) is 23.1 Å². The van der Waals surface area contributed by atoms with Gasteiger partial charge in [-0.2, -0.15) is 0 Å². The lowest BCUT2D eigenvalue weighted by atomic mass is 10.2. The van der Waals surface area contributed by atoms with Crippen molar-refractivity contribution in [3.05, 3.63) is 75.2 Å². The molecule has 1 aliphatic heterocycles. The summed E-state index contributed by atoms with van der Waals surface area (Å²) in [5, 5.41) is 5.55. The van der Waals surface area contributed by atoms with Crippen molar-refractivity contribution in [2.24, 2.45) is 0 Å². The topological polar surface area (TPSA) is 99.3 Å². The van der Waals surface area contributed by atoms with E-state index in [-0.39, 0.29) is 24.8 Å². The van der Waals surface area contributed by atoms with E-state index >= 15 is 0 Å². The average molecular weight is 444 g/mol. The molecule has 1 atom stereocenters. The number of nitrogens with one attached hydrogen (secondary N) is 2. The van der Waals surface area contributed by atoms with Gasteiger partial charge in [0.1, 0.15) is 0 Å². The molecule has 9 heteroatoms. The summed E-state index contributed by atoms with van der Waals surface area (Å²) in [6.07, 6.45) is 0.0238. The zero-order valence-corrected chi connectivity index (χ0v) is 16.2. The summed E-state index contributed by atoms with van der Waals surface area (Å²) >= 11 is 3.33. The van der Waals surface area contributed by atoms with Crippen LogP contribution in [0.4, 0.5) is 5.69 Å². The molecule has 2 heterocycles. The first-order valence-electron chi connectivity index (χ1n) is 8.58. The summed E-state index contributed by atoms with van der Waals surface area (Å²) in [6, 6.07) is 15.4. The molecule has 2 aromatic carbocycles. The van der Waals surface area contributed by atoms with Gasteiger partial charge in [-0.15, -0.1) is 0 Å². The van der Waals surface area contributed by atoms with E-state index in [4.69, 9.17) is 4.52 Å². The zero-order chi connectivity index (χ0) is 19.7. The molecule has 0 bridgehead atoms. The number of aromatic nitrogens is 2. The number of halogens is 1. The van der Waals surface area contributed by atoms with E-state index < -0.39 is 11.7 Å². The van der Waals surface area contributed by atoms with Crippen LogP contribution >= 0.6 is 15.9 Å². The van der Waals surface area contributed by atoms with Gasteiger partial charge in [0.05, 0.1) is 24.7 Å². The van der Waals surface area contributed by atoms with Crippen LogP contribution in [0.2, 0.25) is 0 Å². The van der Waals surface area contributed by atoms with Crippen molar-refractivity contribution >= 4 is 33.4 Å². The summed E-state index contributed by atoms with van der Waals surface area (Å²) in [5.41, 5.74) is 0.991. The fraction of sp³-hybridized carbons (Fsp3) is 0.158. The molecule has 0 saturated carbocycles. The molecule has 1 unspecified atom stereocenters. The van der Waals surface area contributed by atoms with E-state index in [1.54, 1.807) is 24.3 Å². The van der Waals surface area contributed by atoms with Crippen LogP contribution in [0.3, 0.4) is 0 Å².